The largest absolute Gasteiger partial charge is 0.472 e. The fraction of sp³-hybridized carbons (Fsp3) is 0.346. The van der Waals surface area contributed by atoms with Crippen molar-refractivity contribution in [2.45, 2.75) is 32.4 Å². The van der Waals surface area contributed by atoms with E-state index >= 15 is 0 Å². The molecular formula is C26H26N4O3. The molecule has 1 aromatic carbocycles. The SMILES string of the molecule is CCC1CN(c2nc(-c3ccccc3)c3c(c2C#N)CCOC3)CCN1C(=O)c1ccoc1. The molecule has 2 aromatic heterocycles. The highest BCUT2D eigenvalue weighted by molar-refractivity contribution is 5.94. The standard InChI is InChI=1S/C26H26N4O3/c1-2-20-15-29(10-11-30(20)26(31)19-8-12-32-16-19)25-22(14-27)21-9-13-33-17-23(21)24(28-25)18-6-4-3-5-7-18/h3-8,12,16,20H,2,9-11,13,15,17H2,1H3. The lowest BCUT2D eigenvalue weighted by Crippen LogP contribution is -2.55. The topological polar surface area (TPSA) is 82.6 Å². The number of nitriles is 1. The Labute approximate surface area is 193 Å². The van der Waals surface area contributed by atoms with Crippen LogP contribution in [-0.4, -0.2) is 48.1 Å². The van der Waals surface area contributed by atoms with Crippen LogP contribution in [0.5, 0.6) is 0 Å². The van der Waals surface area contributed by atoms with Gasteiger partial charge in [-0.3, -0.25) is 4.79 Å². The first-order chi connectivity index (χ1) is 16.2. The lowest BCUT2D eigenvalue weighted by Gasteiger charge is -2.42. The van der Waals surface area contributed by atoms with Crippen LogP contribution in [0.1, 0.15) is 40.4 Å². The normalized spacial score (nSPS) is 18.0. The third-order valence-electron chi connectivity index (χ3n) is 6.58. The summed E-state index contributed by atoms with van der Waals surface area (Å²) in [7, 11) is 0. The Kier molecular flexibility index (Phi) is 5.84. The Hall–Kier alpha value is -3.63. The molecule has 2 aliphatic heterocycles. The second kappa shape index (κ2) is 9.08. The monoisotopic (exact) mass is 442 g/mol. The van der Waals surface area contributed by atoms with Gasteiger partial charge in [0.1, 0.15) is 18.2 Å². The first kappa shape index (κ1) is 21.2. The van der Waals surface area contributed by atoms with E-state index in [1.807, 2.05) is 35.2 Å². The molecule has 0 saturated carbocycles. The highest BCUT2D eigenvalue weighted by atomic mass is 16.5. The van der Waals surface area contributed by atoms with Crippen LogP contribution in [0.4, 0.5) is 5.82 Å². The van der Waals surface area contributed by atoms with Crippen LogP contribution in [-0.2, 0) is 17.8 Å². The van der Waals surface area contributed by atoms with Gasteiger partial charge in [0, 0.05) is 36.8 Å². The van der Waals surface area contributed by atoms with E-state index in [9.17, 15) is 10.1 Å². The second-order valence-electron chi connectivity index (χ2n) is 8.42. The molecule has 0 radical (unpaired) electrons. The average molecular weight is 443 g/mol. The van der Waals surface area contributed by atoms with Crippen LogP contribution in [0.2, 0.25) is 0 Å². The fourth-order valence-corrected chi connectivity index (χ4v) is 4.84. The van der Waals surface area contributed by atoms with E-state index in [1.54, 1.807) is 6.07 Å². The number of carbonyl (C=O) groups is 1. The molecule has 0 bridgehead atoms. The second-order valence-corrected chi connectivity index (χ2v) is 8.42. The lowest BCUT2D eigenvalue weighted by molar-refractivity contribution is 0.0650. The van der Waals surface area contributed by atoms with Gasteiger partial charge in [-0.15, -0.1) is 0 Å². The van der Waals surface area contributed by atoms with Crippen molar-refractivity contribution < 1.29 is 13.9 Å². The third-order valence-corrected chi connectivity index (χ3v) is 6.58. The quantitative estimate of drug-likeness (QED) is 0.607. The smallest absolute Gasteiger partial charge is 0.257 e. The van der Waals surface area contributed by atoms with Crippen LogP contribution in [0.25, 0.3) is 11.3 Å². The number of ether oxygens (including phenoxy) is 1. The first-order valence-corrected chi connectivity index (χ1v) is 11.4. The molecule has 33 heavy (non-hydrogen) atoms. The van der Waals surface area contributed by atoms with E-state index in [-0.39, 0.29) is 11.9 Å². The predicted octanol–water partition coefficient (Wildman–Crippen LogP) is 4.03. The van der Waals surface area contributed by atoms with E-state index in [0.717, 1.165) is 28.8 Å². The number of furan rings is 1. The summed E-state index contributed by atoms with van der Waals surface area (Å²) in [5.41, 5.74) is 5.15. The fourth-order valence-electron chi connectivity index (χ4n) is 4.84. The van der Waals surface area contributed by atoms with Gasteiger partial charge in [0.2, 0.25) is 0 Å². The molecule has 0 N–H and O–H groups in total. The van der Waals surface area contributed by atoms with Crippen LogP contribution in [0.15, 0.2) is 53.3 Å². The van der Waals surface area contributed by atoms with Crippen molar-refractivity contribution in [3.63, 3.8) is 0 Å². The number of amides is 1. The molecule has 5 rings (SSSR count). The Balaban J connectivity index is 1.53. The van der Waals surface area contributed by atoms with Gasteiger partial charge in [-0.2, -0.15) is 5.26 Å². The summed E-state index contributed by atoms with van der Waals surface area (Å²) in [6.07, 6.45) is 4.53. The average Bonchev–Trinajstić information content (AvgIpc) is 3.42. The van der Waals surface area contributed by atoms with Crippen molar-refractivity contribution in [1.82, 2.24) is 9.88 Å². The lowest BCUT2D eigenvalue weighted by atomic mass is 9.93. The molecule has 2 aliphatic rings. The molecule has 4 heterocycles. The van der Waals surface area contributed by atoms with Crippen molar-refractivity contribution >= 4 is 11.7 Å². The minimum Gasteiger partial charge on any atom is -0.472 e. The number of hydrogen-bond acceptors (Lipinski definition) is 6. The molecule has 7 nitrogen and oxygen atoms in total. The number of anilines is 1. The minimum absolute atomic E-state index is 0.0173. The molecule has 1 unspecified atom stereocenters. The van der Waals surface area contributed by atoms with Gasteiger partial charge in [0.15, 0.2) is 0 Å². The van der Waals surface area contributed by atoms with Crippen LogP contribution in [0, 0.1) is 11.3 Å². The Morgan fingerprint density at radius 3 is 2.79 bits per heavy atom. The molecule has 1 fully saturated rings. The summed E-state index contributed by atoms with van der Waals surface area (Å²) < 4.78 is 10.8. The van der Waals surface area contributed by atoms with E-state index in [1.165, 1.54) is 12.5 Å². The zero-order chi connectivity index (χ0) is 22.8. The van der Waals surface area contributed by atoms with E-state index in [0.29, 0.717) is 56.2 Å². The minimum atomic E-state index is -0.0173. The summed E-state index contributed by atoms with van der Waals surface area (Å²) in [4.78, 5) is 22.1. The maximum atomic E-state index is 13.0. The van der Waals surface area contributed by atoms with E-state index < -0.39 is 0 Å². The van der Waals surface area contributed by atoms with Crippen molar-refractivity contribution in [2.75, 3.05) is 31.1 Å². The van der Waals surface area contributed by atoms with Crippen molar-refractivity contribution in [3.8, 4) is 17.3 Å². The number of nitrogens with zero attached hydrogens (tertiary/aromatic N) is 4. The molecule has 1 atom stereocenters. The Bertz CT molecular complexity index is 1180. The maximum absolute atomic E-state index is 13.0. The summed E-state index contributed by atoms with van der Waals surface area (Å²) in [5.74, 6) is 0.696. The molecule has 0 spiro atoms. The highest BCUT2D eigenvalue weighted by Crippen LogP contribution is 2.36. The summed E-state index contributed by atoms with van der Waals surface area (Å²) in [6, 6.07) is 14.2. The number of hydrogen-bond donors (Lipinski definition) is 0. The molecule has 3 aromatic rings. The zero-order valence-electron chi connectivity index (χ0n) is 18.7. The number of rotatable bonds is 4. The number of fused-ring (bicyclic) bond motifs is 1. The van der Waals surface area contributed by atoms with E-state index in [4.69, 9.17) is 14.1 Å². The molecule has 1 saturated heterocycles. The third kappa shape index (κ3) is 3.87. The van der Waals surface area contributed by atoms with Gasteiger partial charge in [-0.25, -0.2) is 4.98 Å². The molecule has 168 valence electrons. The number of carbonyl (C=O) groups excluding carboxylic acids is 1. The van der Waals surface area contributed by atoms with Gasteiger partial charge < -0.3 is 19.0 Å². The Morgan fingerprint density at radius 2 is 2.06 bits per heavy atom. The molecule has 0 aliphatic carbocycles. The summed E-state index contributed by atoms with van der Waals surface area (Å²) >= 11 is 0. The zero-order valence-corrected chi connectivity index (χ0v) is 18.7. The predicted molar refractivity (Wildman–Crippen MR) is 124 cm³/mol. The molecular weight excluding hydrogens is 416 g/mol. The number of aromatic nitrogens is 1. The number of piperazine rings is 1. The van der Waals surface area contributed by atoms with Gasteiger partial charge in [-0.1, -0.05) is 37.3 Å². The molecule has 7 heteroatoms. The first-order valence-electron chi connectivity index (χ1n) is 11.4. The summed E-state index contributed by atoms with van der Waals surface area (Å²) in [6.45, 7) is 4.96. The van der Waals surface area contributed by atoms with Crippen molar-refractivity contribution in [1.29, 1.82) is 5.26 Å². The number of benzene rings is 1. The highest BCUT2D eigenvalue weighted by Gasteiger charge is 2.33. The van der Waals surface area contributed by atoms with Crippen LogP contribution in [0.3, 0.4) is 0 Å². The van der Waals surface area contributed by atoms with Crippen molar-refractivity contribution in [3.05, 3.63) is 71.2 Å². The number of pyridine rings is 1. The van der Waals surface area contributed by atoms with Crippen LogP contribution >= 0.6 is 0 Å². The van der Waals surface area contributed by atoms with Gasteiger partial charge in [0.05, 0.1) is 36.3 Å². The van der Waals surface area contributed by atoms with Gasteiger partial charge in [0.25, 0.3) is 5.91 Å². The Morgan fingerprint density at radius 1 is 1.21 bits per heavy atom. The summed E-state index contributed by atoms with van der Waals surface area (Å²) in [5, 5.41) is 10.1. The van der Waals surface area contributed by atoms with E-state index in [2.05, 4.69) is 17.9 Å². The maximum Gasteiger partial charge on any atom is 0.257 e. The van der Waals surface area contributed by atoms with Crippen LogP contribution < -0.4 is 4.90 Å². The van der Waals surface area contributed by atoms with Gasteiger partial charge >= 0.3 is 0 Å². The molecule has 1 amide bonds. The van der Waals surface area contributed by atoms with Gasteiger partial charge in [-0.05, 0) is 24.5 Å². The van der Waals surface area contributed by atoms with Crippen molar-refractivity contribution in [2.24, 2.45) is 0 Å².